The van der Waals surface area contributed by atoms with E-state index in [2.05, 4.69) is 10.4 Å². The quantitative estimate of drug-likeness (QED) is 0.751. The van der Waals surface area contributed by atoms with Crippen molar-refractivity contribution in [1.82, 2.24) is 15.1 Å². The Kier molecular flexibility index (Phi) is 5.09. The second kappa shape index (κ2) is 7.61. The van der Waals surface area contributed by atoms with E-state index >= 15 is 0 Å². The van der Waals surface area contributed by atoms with Crippen molar-refractivity contribution in [3.05, 3.63) is 77.9 Å². The molecule has 0 atom stereocenters. The molecule has 0 aliphatic heterocycles. The van der Waals surface area contributed by atoms with Crippen LogP contribution in [0.4, 0.5) is 4.39 Å². The molecule has 0 saturated heterocycles. The molecule has 1 aromatic heterocycles. The van der Waals surface area contributed by atoms with E-state index < -0.39 is 0 Å². The van der Waals surface area contributed by atoms with Crippen molar-refractivity contribution in [1.29, 1.82) is 0 Å². The fourth-order valence-corrected chi connectivity index (χ4v) is 2.49. The molecule has 0 spiro atoms. The minimum atomic E-state index is -0.315. The highest BCUT2D eigenvalue weighted by molar-refractivity contribution is 5.92. The van der Waals surface area contributed by atoms with Gasteiger partial charge in [-0.05, 0) is 48.4 Å². The van der Waals surface area contributed by atoms with Gasteiger partial charge < -0.3 is 10.1 Å². The fraction of sp³-hybridized carbons (Fsp3) is 0.158. The Labute approximate surface area is 145 Å². The van der Waals surface area contributed by atoms with Crippen molar-refractivity contribution < 1.29 is 13.9 Å². The van der Waals surface area contributed by atoms with Gasteiger partial charge >= 0.3 is 0 Å². The SMILES string of the molecule is COc1ccccc1CCNC(=O)c1ccn(-c2ccc(F)cc2)n1. The number of hydrogen-bond acceptors (Lipinski definition) is 3. The van der Waals surface area contributed by atoms with Gasteiger partial charge in [-0.3, -0.25) is 4.79 Å². The lowest BCUT2D eigenvalue weighted by Gasteiger charge is -2.08. The molecule has 128 valence electrons. The van der Waals surface area contributed by atoms with Crippen molar-refractivity contribution in [2.75, 3.05) is 13.7 Å². The monoisotopic (exact) mass is 339 g/mol. The Hall–Kier alpha value is -3.15. The number of hydrogen-bond donors (Lipinski definition) is 1. The molecule has 5 nitrogen and oxygen atoms in total. The van der Waals surface area contributed by atoms with Crippen LogP contribution >= 0.6 is 0 Å². The molecule has 25 heavy (non-hydrogen) atoms. The lowest BCUT2D eigenvalue weighted by atomic mass is 10.1. The van der Waals surface area contributed by atoms with Crippen LogP contribution < -0.4 is 10.1 Å². The molecule has 1 heterocycles. The Morgan fingerprint density at radius 1 is 1.16 bits per heavy atom. The number of ether oxygens (including phenoxy) is 1. The summed E-state index contributed by atoms with van der Waals surface area (Å²) < 4.78 is 19.8. The summed E-state index contributed by atoms with van der Waals surface area (Å²) in [4.78, 5) is 12.2. The fourth-order valence-electron chi connectivity index (χ4n) is 2.49. The zero-order valence-corrected chi connectivity index (χ0v) is 13.8. The summed E-state index contributed by atoms with van der Waals surface area (Å²) in [6, 6.07) is 15.2. The number of methoxy groups -OCH3 is 1. The van der Waals surface area contributed by atoms with Crippen LogP contribution in [-0.4, -0.2) is 29.3 Å². The molecule has 0 radical (unpaired) electrons. The normalized spacial score (nSPS) is 10.5. The first-order valence-electron chi connectivity index (χ1n) is 7.89. The molecule has 3 rings (SSSR count). The van der Waals surface area contributed by atoms with Crippen molar-refractivity contribution in [2.45, 2.75) is 6.42 Å². The van der Waals surface area contributed by atoms with Gasteiger partial charge in [0.05, 0.1) is 12.8 Å². The molecule has 0 fully saturated rings. The third-order valence-electron chi connectivity index (χ3n) is 3.79. The van der Waals surface area contributed by atoms with Crippen molar-refractivity contribution in [3.8, 4) is 11.4 Å². The third-order valence-corrected chi connectivity index (χ3v) is 3.79. The zero-order valence-electron chi connectivity index (χ0n) is 13.8. The topological polar surface area (TPSA) is 56.1 Å². The highest BCUT2D eigenvalue weighted by Gasteiger charge is 2.10. The second-order valence-corrected chi connectivity index (χ2v) is 5.44. The molecule has 0 unspecified atom stereocenters. The zero-order chi connectivity index (χ0) is 17.6. The van der Waals surface area contributed by atoms with E-state index in [0.717, 1.165) is 11.3 Å². The number of carbonyl (C=O) groups excluding carboxylic acids is 1. The maximum atomic E-state index is 13.0. The first-order valence-corrected chi connectivity index (χ1v) is 7.89. The molecule has 0 saturated carbocycles. The van der Waals surface area contributed by atoms with Gasteiger partial charge in [-0.15, -0.1) is 0 Å². The summed E-state index contributed by atoms with van der Waals surface area (Å²) in [5.41, 5.74) is 2.03. The number of carbonyl (C=O) groups is 1. The molecule has 6 heteroatoms. The number of nitrogens with zero attached hydrogens (tertiary/aromatic N) is 2. The summed E-state index contributed by atoms with van der Waals surface area (Å²) in [6.45, 7) is 0.475. The number of rotatable bonds is 6. The third kappa shape index (κ3) is 4.03. The lowest BCUT2D eigenvalue weighted by molar-refractivity contribution is 0.0948. The molecule has 2 aromatic carbocycles. The van der Waals surface area contributed by atoms with Gasteiger partial charge in [-0.2, -0.15) is 5.10 Å². The second-order valence-electron chi connectivity index (χ2n) is 5.44. The maximum absolute atomic E-state index is 13.0. The minimum Gasteiger partial charge on any atom is -0.496 e. The molecular weight excluding hydrogens is 321 g/mol. The molecular formula is C19H18FN3O2. The average molecular weight is 339 g/mol. The predicted molar refractivity (Wildman–Crippen MR) is 92.6 cm³/mol. The molecule has 0 bridgehead atoms. The summed E-state index contributed by atoms with van der Waals surface area (Å²) in [5, 5.41) is 7.07. The van der Waals surface area contributed by atoms with Crippen LogP contribution in [0.15, 0.2) is 60.8 Å². The molecule has 1 N–H and O–H groups in total. The van der Waals surface area contributed by atoms with Gasteiger partial charge in [0.2, 0.25) is 0 Å². The van der Waals surface area contributed by atoms with Gasteiger partial charge in [-0.25, -0.2) is 9.07 Å². The van der Waals surface area contributed by atoms with Crippen LogP contribution in [-0.2, 0) is 6.42 Å². The number of para-hydroxylation sites is 1. The van der Waals surface area contributed by atoms with Gasteiger partial charge in [0.1, 0.15) is 11.6 Å². The van der Waals surface area contributed by atoms with E-state index in [9.17, 15) is 9.18 Å². The average Bonchev–Trinajstić information content (AvgIpc) is 3.13. The lowest BCUT2D eigenvalue weighted by Crippen LogP contribution is -2.26. The Balaban J connectivity index is 1.59. The highest BCUT2D eigenvalue weighted by atomic mass is 19.1. The van der Waals surface area contributed by atoms with Crippen LogP contribution in [0, 0.1) is 5.82 Å². The van der Waals surface area contributed by atoms with E-state index in [0.29, 0.717) is 24.3 Å². The van der Waals surface area contributed by atoms with Gasteiger partial charge in [0.25, 0.3) is 5.91 Å². The van der Waals surface area contributed by atoms with E-state index in [-0.39, 0.29) is 11.7 Å². The summed E-state index contributed by atoms with van der Waals surface area (Å²) in [5.74, 6) is 0.235. The van der Waals surface area contributed by atoms with E-state index in [1.807, 2.05) is 24.3 Å². The van der Waals surface area contributed by atoms with Crippen LogP contribution in [0.1, 0.15) is 16.1 Å². The molecule has 0 aliphatic rings. The number of benzene rings is 2. The van der Waals surface area contributed by atoms with Crippen molar-refractivity contribution in [3.63, 3.8) is 0 Å². The number of nitrogens with one attached hydrogen (secondary N) is 1. The van der Waals surface area contributed by atoms with E-state index in [1.54, 1.807) is 31.5 Å². The van der Waals surface area contributed by atoms with Gasteiger partial charge in [0.15, 0.2) is 5.69 Å². The van der Waals surface area contributed by atoms with Gasteiger partial charge in [-0.1, -0.05) is 18.2 Å². The van der Waals surface area contributed by atoms with Crippen LogP contribution in [0.25, 0.3) is 5.69 Å². The Morgan fingerprint density at radius 3 is 2.68 bits per heavy atom. The standard InChI is InChI=1S/C19H18FN3O2/c1-25-18-5-3-2-4-14(18)10-12-21-19(24)17-11-13-23(22-17)16-8-6-15(20)7-9-16/h2-9,11,13H,10,12H2,1H3,(H,21,24). The Bertz CT molecular complexity index is 859. The van der Waals surface area contributed by atoms with Crippen LogP contribution in [0.3, 0.4) is 0 Å². The number of amides is 1. The smallest absolute Gasteiger partial charge is 0.271 e. The molecule has 3 aromatic rings. The van der Waals surface area contributed by atoms with Gasteiger partial charge in [0, 0.05) is 12.7 Å². The predicted octanol–water partition coefficient (Wildman–Crippen LogP) is 2.99. The Morgan fingerprint density at radius 2 is 1.92 bits per heavy atom. The molecule has 0 aliphatic carbocycles. The number of aromatic nitrogens is 2. The summed E-state index contributed by atoms with van der Waals surface area (Å²) in [6.07, 6.45) is 2.33. The molecule has 1 amide bonds. The van der Waals surface area contributed by atoms with Crippen molar-refractivity contribution >= 4 is 5.91 Å². The summed E-state index contributed by atoms with van der Waals surface area (Å²) in [7, 11) is 1.62. The van der Waals surface area contributed by atoms with Crippen molar-refractivity contribution in [2.24, 2.45) is 0 Å². The van der Waals surface area contributed by atoms with E-state index in [4.69, 9.17) is 4.74 Å². The first kappa shape index (κ1) is 16.7. The first-order chi connectivity index (χ1) is 12.2. The highest BCUT2D eigenvalue weighted by Crippen LogP contribution is 2.17. The largest absolute Gasteiger partial charge is 0.496 e. The summed E-state index contributed by atoms with van der Waals surface area (Å²) >= 11 is 0. The van der Waals surface area contributed by atoms with E-state index in [1.165, 1.54) is 16.8 Å². The minimum absolute atomic E-state index is 0.254. The number of halogens is 1. The van der Waals surface area contributed by atoms with Crippen LogP contribution in [0.5, 0.6) is 5.75 Å². The maximum Gasteiger partial charge on any atom is 0.271 e. The van der Waals surface area contributed by atoms with Crippen LogP contribution in [0.2, 0.25) is 0 Å².